The molecular weight excluding hydrogens is 312 g/mol. The van der Waals surface area contributed by atoms with Crippen molar-refractivity contribution in [1.82, 2.24) is 20.0 Å². The first-order valence-corrected chi connectivity index (χ1v) is 7.91. The highest BCUT2D eigenvalue weighted by atomic mass is 35.5. The second-order valence-electron chi connectivity index (χ2n) is 6.23. The molecule has 0 saturated carbocycles. The van der Waals surface area contributed by atoms with Crippen LogP contribution in [0, 0.1) is 11.8 Å². The number of piperidine rings is 1. The third kappa shape index (κ3) is 3.12. The summed E-state index contributed by atoms with van der Waals surface area (Å²) in [6.07, 6.45) is 4.61. The highest BCUT2D eigenvalue weighted by molar-refractivity contribution is 5.93. The van der Waals surface area contributed by atoms with Crippen molar-refractivity contribution in [2.24, 2.45) is 11.8 Å². The smallest absolute Gasteiger partial charge is 0.257 e. The van der Waals surface area contributed by atoms with Crippen molar-refractivity contribution < 1.29 is 4.79 Å². The van der Waals surface area contributed by atoms with E-state index in [4.69, 9.17) is 0 Å². The van der Waals surface area contributed by atoms with Gasteiger partial charge in [-0.05, 0) is 43.5 Å². The minimum atomic E-state index is 0. The van der Waals surface area contributed by atoms with Crippen LogP contribution in [-0.4, -0.2) is 46.8 Å². The molecule has 23 heavy (non-hydrogen) atoms. The van der Waals surface area contributed by atoms with Gasteiger partial charge in [-0.2, -0.15) is 5.10 Å². The molecule has 5 nitrogen and oxygen atoms in total. The second-order valence-corrected chi connectivity index (χ2v) is 6.23. The number of aromatic nitrogens is 2. The lowest BCUT2D eigenvalue weighted by atomic mass is 9.88. The summed E-state index contributed by atoms with van der Waals surface area (Å²) in [5.41, 5.74) is 1.65. The number of carbonyl (C=O) groups is 1. The van der Waals surface area contributed by atoms with Crippen LogP contribution in [0.5, 0.6) is 0 Å². The van der Waals surface area contributed by atoms with Crippen molar-refractivity contribution in [2.45, 2.75) is 6.42 Å². The first-order chi connectivity index (χ1) is 10.8. The van der Waals surface area contributed by atoms with Gasteiger partial charge in [0, 0.05) is 19.3 Å². The van der Waals surface area contributed by atoms with Crippen LogP contribution in [-0.2, 0) is 0 Å². The molecule has 1 amide bonds. The van der Waals surface area contributed by atoms with Crippen molar-refractivity contribution in [2.75, 3.05) is 26.2 Å². The molecule has 2 unspecified atom stereocenters. The SMILES string of the molecule is Cl.O=C(c1cnn(-c2ccccc2)c1)N1CCC2CNCC2C1. The summed E-state index contributed by atoms with van der Waals surface area (Å²) in [5, 5.41) is 7.76. The Hall–Kier alpha value is -1.85. The van der Waals surface area contributed by atoms with Gasteiger partial charge in [0.25, 0.3) is 5.91 Å². The van der Waals surface area contributed by atoms with Crippen molar-refractivity contribution in [3.8, 4) is 5.69 Å². The lowest BCUT2D eigenvalue weighted by Crippen LogP contribution is -2.43. The molecule has 0 aliphatic carbocycles. The average Bonchev–Trinajstić information content (AvgIpc) is 3.23. The number of para-hydroxylation sites is 1. The van der Waals surface area contributed by atoms with E-state index in [0.29, 0.717) is 11.5 Å². The average molecular weight is 333 g/mol. The van der Waals surface area contributed by atoms with E-state index in [1.807, 2.05) is 41.4 Å². The van der Waals surface area contributed by atoms with Gasteiger partial charge in [0.05, 0.1) is 17.4 Å². The second kappa shape index (κ2) is 6.72. The maximum Gasteiger partial charge on any atom is 0.257 e. The largest absolute Gasteiger partial charge is 0.338 e. The molecule has 4 rings (SSSR count). The van der Waals surface area contributed by atoms with E-state index in [2.05, 4.69) is 10.4 Å². The van der Waals surface area contributed by atoms with E-state index in [9.17, 15) is 4.79 Å². The molecule has 0 radical (unpaired) electrons. The predicted molar refractivity (Wildman–Crippen MR) is 91.2 cm³/mol. The zero-order valence-corrected chi connectivity index (χ0v) is 13.7. The van der Waals surface area contributed by atoms with E-state index in [-0.39, 0.29) is 18.3 Å². The standard InChI is InChI=1S/C17H20N4O.ClH/c22-17(20-7-6-13-8-18-9-14(13)11-20)15-10-19-21(12-15)16-4-2-1-3-5-16;/h1-5,10,12-14,18H,6-9,11H2;1H. The summed E-state index contributed by atoms with van der Waals surface area (Å²) < 4.78 is 1.76. The third-order valence-corrected chi connectivity index (χ3v) is 4.84. The number of fused-ring (bicyclic) bond motifs is 1. The quantitative estimate of drug-likeness (QED) is 0.915. The first kappa shape index (κ1) is 16.0. The molecule has 2 aliphatic rings. The van der Waals surface area contributed by atoms with Gasteiger partial charge in [-0.25, -0.2) is 4.68 Å². The number of hydrogen-bond donors (Lipinski definition) is 1. The molecule has 2 saturated heterocycles. The van der Waals surface area contributed by atoms with Crippen LogP contribution in [0.15, 0.2) is 42.7 Å². The fourth-order valence-electron chi connectivity index (χ4n) is 3.56. The molecule has 2 aromatic rings. The summed E-state index contributed by atoms with van der Waals surface area (Å²) in [6, 6.07) is 9.87. The highest BCUT2D eigenvalue weighted by Gasteiger charge is 2.34. The van der Waals surface area contributed by atoms with Crippen LogP contribution in [0.4, 0.5) is 0 Å². The van der Waals surface area contributed by atoms with Gasteiger partial charge < -0.3 is 10.2 Å². The van der Waals surface area contributed by atoms with E-state index in [0.717, 1.165) is 44.2 Å². The van der Waals surface area contributed by atoms with Crippen molar-refractivity contribution >= 4 is 18.3 Å². The monoisotopic (exact) mass is 332 g/mol. The Morgan fingerprint density at radius 1 is 1.17 bits per heavy atom. The number of likely N-dealkylation sites (tertiary alicyclic amines) is 1. The van der Waals surface area contributed by atoms with Crippen molar-refractivity contribution in [3.63, 3.8) is 0 Å². The molecular formula is C17H21ClN4O. The van der Waals surface area contributed by atoms with Gasteiger partial charge in [0.15, 0.2) is 0 Å². The molecule has 122 valence electrons. The fourth-order valence-corrected chi connectivity index (χ4v) is 3.56. The van der Waals surface area contributed by atoms with Crippen LogP contribution in [0.3, 0.4) is 0 Å². The molecule has 1 N–H and O–H groups in total. The molecule has 1 aromatic carbocycles. The summed E-state index contributed by atoms with van der Waals surface area (Å²) in [4.78, 5) is 14.7. The topological polar surface area (TPSA) is 50.2 Å². The summed E-state index contributed by atoms with van der Waals surface area (Å²) in [5.74, 6) is 1.46. The highest BCUT2D eigenvalue weighted by Crippen LogP contribution is 2.27. The van der Waals surface area contributed by atoms with Gasteiger partial charge in [-0.15, -0.1) is 12.4 Å². The third-order valence-electron chi connectivity index (χ3n) is 4.84. The van der Waals surface area contributed by atoms with Crippen molar-refractivity contribution in [1.29, 1.82) is 0 Å². The maximum atomic E-state index is 12.7. The fraction of sp³-hybridized carbons (Fsp3) is 0.412. The zero-order chi connectivity index (χ0) is 14.9. The lowest BCUT2D eigenvalue weighted by Gasteiger charge is -2.34. The Balaban J connectivity index is 0.00000156. The van der Waals surface area contributed by atoms with Gasteiger partial charge >= 0.3 is 0 Å². The molecule has 6 heteroatoms. The number of halogens is 1. The zero-order valence-electron chi connectivity index (χ0n) is 12.9. The number of hydrogen-bond acceptors (Lipinski definition) is 3. The van der Waals surface area contributed by atoms with E-state index >= 15 is 0 Å². The van der Waals surface area contributed by atoms with Gasteiger partial charge in [0.1, 0.15) is 0 Å². The molecule has 2 atom stereocenters. The number of carbonyl (C=O) groups excluding carboxylic acids is 1. The van der Waals surface area contributed by atoms with Gasteiger partial charge in [-0.1, -0.05) is 18.2 Å². The molecule has 2 fully saturated rings. The minimum Gasteiger partial charge on any atom is -0.338 e. The molecule has 3 heterocycles. The molecule has 1 aromatic heterocycles. The first-order valence-electron chi connectivity index (χ1n) is 7.91. The Bertz CT molecular complexity index is 672. The number of benzene rings is 1. The number of nitrogens with zero attached hydrogens (tertiary/aromatic N) is 3. The maximum absolute atomic E-state index is 12.7. The Morgan fingerprint density at radius 3 is 2.78 bits per heavy atom. The predicted octanol–water partition coefficient (Wildman–Crippen LogP) is 1.98. The molecule has 2 aliphatic heterocycles. The normalized spacial score (nSPS) is 23.2. The van der Waals surface area contributed by atoms with Gasteiger partial charge in [0.2, 0.25) is 0 Å². The van der Waals surface area contributed by atoms with E-state index in [1.54, 1.807) is 10.9 Å². The van der Waals surface area contributed by atoms with E-state index in [1.165, 1.54) is 0 Å². The van der Waals surface area contributed by atoms with Crippen LogP contribution >= 0.6 is 12.4 Å². The Morgan fingerprint density at radius 2 is 1.96 bits per heavy atom. The molecule has 0 bridgehead atoms. The Kier molecular flexibility index (Phi) is 4.68. The van der Waals surface area contributed by atoms with E-state index < -0.39 is 0 Å². The number of nitrogens with one attached hydrogen (secondary N) is 1. The number of amides is 1. The summed E-state index contributed by atoms with van der Waals surface area (Å²) >= 11 is 0. The lowest BCUT2D eigenvalue weighted by molar-refractivity contribution is 0.0642. The van der Waals surface area contributed by atoms with Crippen LogP contribution in [0.2, 0.25) is 0 Å². The van der Waals surface area contributed by atoms with Crippen LogP contribution in [0.25, 0.3) is 5.69 Å². The molecule has 0 spiro atoms. The van der Waals surface area contributed by atoms with Crippen LogP contribution < -0.4 is 5.32 Å². The van der Waals surface area contributed by atoms with Gasteiger partial charge in [-0.3, -0.25) is 4.79 Å². The van der Waals surface area contributed by atoms with Crippen molar-refractivity contribution in [3.05, 3.63) is 48.3 Å². The summed E-state index contributed by atoms with van der Waals surface area (Å²) in [7, 11) is 0. The Labute approximate surface area is 142 Å². The summed E-state index contributed by atoms with van der Waals surface area (Å²) in [6.45, 7) is 3.88. The minimum absolute atomic E-state index is 0. The number of rotatable bonds is 2. The van der Waals surface area contributed by atoms with Crippen LogP contribution in [0.1, 0.15) is 16.8 Å².